The van der Waals surface area contributed by atoms with E-state index >= 15 is 0 Å². The van der Waals surface area contributed by atoms with Crippen molar-refractivity contribution in [1.82, 2.24) is 34.0 Å². The molecule has 1 N–H and O–H groups in total. The Kier molecular flexibility index (Phi) is 4.75. The summed E-state index contributed by atoms with van der Waals surface area (Å²) in [5.74, 6) is 0.759. The third kappa shape index (κ3) is 3.13. The molecule has 0 fully saturated rings. The summed E-state index contributed by atoms with van der Waals surface area (Å²) in [4.78, 5) is 13.7. The summed E-state index contributed by atoms with van der Waals surface area (Å²) in [6.45, 7) is 5.50. The number of imidazole rings is 1. The molecule has 1 aliphatic heterocycles. The summed E-state index contributed by atoms with van der Waals surface area (Å²) in [5.41, 5.74) is 6.55. The van der Waals surface area contributed by atoms with Crippen molar-refractivity contribution in [1.29, 1.82) is 0 Å². The number of aromatic nitrogens is 6. The second kappa shape index (κ2) is 7.72. The predicted molar refractivity (Wildman–Crippen MR) is 133 cm³/mol. The quantitative estimate of drug-likeness (QED) is 0.434. The van der Waals surface area contributed by atoms with Gasteiger partial charge >= 0.3 is 5.69 Å². The van der Waals surface area contributed by atoms with Gasteiger partial charge in [-0.3, -0.25) is 13.8 Å². The van der Waals surface area contributed by atoms with Gasteiger partial charge in [0.05, 0.1) is 28.8 Å². The van der Waals surface area contributed by atoms with Gasteiger partial charge in [-0.2, -0.15) is 10.2 Å². The Bertz CT molecular complexity index is 1610. The van der Waals surface area contributed by atoms with Gasteiger partial charge in [0.25, 0.3) is 0 Å². The second-order valence-electron chi connectivity index (χ2n) is 8.81. The highest BCUT2D eigenvalue weighted by molar-refractivity contribution is 6.32. The van der Waals surface area contributed by atoms with Gasteiger partial charge < -0.3 is 5.32 Å². The Morgan fingerprint density at radius 2 is 1.79 bits per heavy atom. The fraction of sp³-hybridized carbons (Fsp3) is 0.240. The van der Waals surface area contributed by atoms with E-state index in [1.165, 1.54) is 0 Å². The topological polar surface area (TPSA) is 74.6 Å². The van der Waals surface area contributed by atoms with Crippen molar-refractivity contribution in [3.63, 3.8) is 0 Å². The molecule has 8 nitrogen and oxygen atoms in total. The Morgan fingerprint density at radius 3 is 2.59 bits per heavy atom. The Labute approximate surface area is 201 Å². The van der Waals surface area contributed by atoms with Gasteiger partial charge in [-0.05, 0) is 55.3 Å². The summed E-state index contributed by atoms with van der Waals surface area (Å²) in [7, 11) is 1.91. The maximum absolute atomic E-state index is 13.7. The molecule has 34 heavy (non-hydrogen) atoms. The number of aryl methyl sites for hydroxylation is 3. The van der Waals surface area contributed by atoms with Crippen molar-refractivity contribution in [2.24, 2.45) is 7.05 Å². The number of halogens is 1. The maximum atomic E-state index is 13.7. The third-order valence-corrected chi connectivity index (χ3v) is 7.16. The van der Waals surface area contributed by atoms with E-state index < -0.39 is 0 Å². The molecule has 0 amide bonds. The van der Waals surface area contributed by atoms with Crippen LogP contribution in [0.15, 0.2) is 53.7 Å². The number of hydrogen-bond acceptors (Lipinski definition) is 4. The van der Waals surface area contributed by atoms with Crippen molar-refractivity contribution in [2.75, 3.05) is 6.54 Å². The lowest BCUT2D eigenvalue weighted by atomic mass is 10.1. The van der Waals surface area contributed by atoms with Crippen molar-refractivity contribution in [2.45, 2.75) is 26.8 Å². The van der Waals surface area contributed by atoms with Gasteiger partial charge in [-0.1, -0.05) is 11.6 Å². The van der Waals surface area contributed by atoms with E-state index in [2.05, 4.69) is 10.4 Å². The van der Waals surface area contributed by atoms with Crippen LogP contribution in [0.25, 0.3) is 28.1 Å². The minimum absolute atomic E-state index is 0.153. The molecule has 172 valence electrons. The van der Waals surface area contributed by atoms with E-state index in [0.29, 0.717) is 6.54 Å². The monoisotopic (exact) mass is 473 g/mol. The van der Waals surface area contributed by atoms with Crippen LogP contribution in [0.1, 0.15) is 22.4 Å². The van der Waals surface area contributed by atoms with E-state index in [-0.39, 0.29) is 5.69 Å². The molecule has 0 spiro atoms. The van der Waals surface area contributed by atoms with E-state index in [4.69, 9.17) is 16.7 Å². The Balaban J connectivity index is 1.54. The molecule has 1 aliphatic rings. The summed E-state index contributed by atoms with van der Waals surface area (Å²) < 4.78 is 7.04. The number of benzene rings is 2. The molecule has 0 bridgehead atoms. The van der Waals surface area contributed by atoms with Crippen LogP contribution in [0.4, 0.5) is 0 Å². The molecular formula is C25H24ClN7O. The summed E-state index contributed by atoms with van der Waals surface area (Å²) in [6, 6.07) is 9.94. The normalized spacial score (nSPS) is 13.5. The van der Waals surface area contributed by atoms with Crippen molar-refractivity contribution in [3.05, 3.63) is 86.8 Å². The van der Waals surface area contributed by atoms with Crippen LogP contribution in [0.2, 0.25) is 5.02 Å². The van der Waals surface area contributed by atoms with Crippen LogP contribution >= 0.6 is 11.6 Å². The molecule has 9 heteroatoms. The molecule has 0 unspecified atom stereocenters. The minimum atomic E-state index is -0.153. The average molecular weight is 474 g/mol. The average Bonchev–Trinajstić information content (AvgIpc) is 3.51. The molecule has 0 saturated heterocycles. The Hall–Kier alpha value is -3.62. The molecule has 2 aromatic carbocycles. The first kappa shape index (κ1) is 20.9. The van der Waals surface area contributed by atoms with Crippen LogP contribution in [0, 0.1) is 13.8 Å². The van der Waals surface area contributed by atoms with Gasteiger partial charge in [0.15, 0.2) is 0 Å². The lowest BCUT2D eigenvalue weighted by Gasteiger charge is -2.14. The SMILES string of the molecule is Cc1cc(-n2nc3c(c2-n2ccn(-c4ccc5c(cnn5C)c4)c2=O)CNCC3)cc(C)c1Cl. The highest BCUT2D eigenvalue weighted by Gasteiger charge is 2.25. The van der Waals surface area contributed by atoms with Crippen LogP contribution < -0.4 is 11.0 Å². The molecule has 0 aliphatic carbocycles. The maximum Gasteiger partial charge on any atom is 0.338 e. The smallest absolute Gasteiger partial charge is 0.312 e. The lowest BCUT2D eigenvalue weighted by molar-refractivity contribution is 0.634. The molecule has 0 radical (unpaired) electrons. The highest BCUT2D eigenvalue weighted by Crippen LogP contribution is 2.29. The van der Waals surface area contributed by atoms with Crippen molar-refractivity contribution in [3.8, 4) is 17.2 Å². The fourth-order valence-electron chi connectivity index (χ4n) is 4.80. The molecule has 0 atom stereocenters. The zero-order chi connectivity index (χ0) is 23.6. The third-order valence-electron chi connectivity index (χ3n) is 6.56. The summed E-state index contributed by atoms with van der Waals surface area (Å²) in [5, 5.41) is 14.4. The van der Waals surface area contributed by atoms with Crippen LogP contribution in [-0.4, -0.2) is 35.2 Å². The van der Waals surface area contributed by atoms with Gasteiger partial charge in [0.1, 0.15) is 5.82 Å². The number of nitrogens with one attached hydrogen (secondary N) is 1. The van der Waals surface area contributed by atoms with E-state index in [1.807, 2.05) is 73.0 Å². The number of hydrogen-bond donors (Lipinski definition) is 1. The van der Waals surface area contributed by atoms with Crippen molar-refractivity contribution >= 4 is 22.5 Å². The molecular weight excluding hydrogens is 450 g/mol. The van der Waals surface area contributed by atoms with Crippen LogP contribution in [0.3, 0.4) is 0 Å². The molecule has 3 aromatic heterocycles. The minimum Gasteiger partial charge on any atom is -0.312 e. The number of fused-ring (bicyclic) bond motifs is 2. The standard InChI is InChI=1S/C25H24ClN7O/c1-15-10-19(11-16(2)23(15)26)33-24(20-14-27-7-6-21(20)29-33)32-9-8-31(25(32)34)18-4-5-22-17(12-18)13-28-30(22)3/h4-5,8-13,27H,6-7,14H2,1-3H3. The highest BCUT2D eigenvalue weighted by atomic mass is 35.5. The van der Waals surface area contributed by atoms with Gasteiger partial charge in [0.2, 0.25) is 0 Å². The summed E-state index contributed by atoms with van der Waals surface area (Å²) >= 11 is 6.43. The van der Waals surface area contributed by atoms with Crippen molar-refractivity contribution < 1.29 is 0 Å². The Morgan fingerprint density at radius 1 is 1.03 bits per heavy atom. The van der Waals surface area contributed by atoms with Gasteiger partial charge in [-0.25, -0.2) is 9.48 Å². The first-order valence-corrected chi connectivity index (χ1v) is 11.6. The van der Waals surface area contributed by atoms with E-state index in [0.717, 1.165) is 68.5 Å². The van der Waals surface area contributed by atoms with E-state index in [1.54, 1.807) is 15.3 Å². The van der Waals surface area contributed by atoms with Gasteiger partial charge in [0, 0.05) is 54.9 Å². The zero-order valence-corrected chi connectivity index (χ0v) is 20.0. The van der Waals surface area contributed by atoms with Crippen LogP contribution in [-0.2, 0) is 20.0 Å². The first-order valence-electron chi connectivity index (χ1n) is 11.2. The van der Waals surface area contributed by atoms with Crippen LogP contribution in [0.5, 0.6) is 0 Å². The predicted octanol–water partition coefficient (Wildman–Crippen LogP) is 3.62. The number of rotatable bonds is 3. The molecule has 5 aromatic rings. The molecule has 6 rings (SSSR count). The largest absolute Gasteiger partial charge is 0.338 e. The number of nitrogens with zero attached hydrogens (tertiary/aromatic N) is 6. The first-order chi connectivity index (χ1) is 16.4. The second-order valence-corrected chi connectivity index (χ2v) is 9.19. The molecule has 4 heterocycles. The zero-order valence-electron chi connectivity index (χ0n) is 19.2. The lowest BCUT2D eigenvalue weighted by Crippen LogP contribution is -2.27. The fourth-order valence-corrected chi connectivity index (χ4v) is 4.90. The van der Waals surface area contributed by atoms with Gasteiger partial charge in [-0.15, -0.1) is 0 Å². The van der Waals surface area contributed by atoms with E-state index in [9.17, 15) is 4.79 Å². The summed E-state index contributed by atoms with van der Waals surface area (Å²) in [6.07, 6.45) is 6.24. The molecule has 0 saturated carbocycles.